The van der Waals surface area contributed by atoms with Gasteiger partial charge in [0.1, 0.15) is 5.82 Å². The fraction of sp³-hybridized carbons (Fsp3) is 0.214. The minimum Gasteiger partial charge on any atom is -0.308 e. The quantitative estimate of drug-likeness (QED) is 0.426. The van der Waals surface area contributed by atoms with E-state index in [1.165, 1.54) is 5.56 Å². The first-order valence-electron chi connectivity index (χ1n) is 6.64. The number of anilines is 1. The van der Waals surface area contributed by atoms with Gasteiger partial charge in [-0.2, -0.15) is 9.50 Å². The molecule has 3 N–H and O–H groups in total. The summed E-state index contributed by atoms with van der Waals surface area (Å²) in [5, 5.41) is 5.13. The van der Waals surface area contributed by atoms with Crippen LogP contribution in [0.25, 0.3) is 5.78 Å². The Bertz CT molecular complexity index is 740. The van der Waals surface area contributed by atoms with Crippen molar-refractivity contribution in [2.75, 3.05) is 11.2 Å². The van der Waals surface area contributed by atoms with Crippen molar-refractivity contribution in [2.45, 2.75) is 18.5 Å². The Morgan fingerprint density at radius 3 is 2.81 bits per heavy atom. The van der Waals surface area contributed by atoms with Crippen molar-refractivity contribution in [3.63, 3.8) is 0 Å². The molecule has 0 amide bonds. The smallest absolute Gasteiger partial charge is 0.255 e. The first kappa shape index (κ1) is 13.8. The maximum atomic E-state index is 5.50. The minimum atomic E-state index is 0.560. The summed E-state index contributed by atoms with van der Waals surface area (Å²) in [4.78, 5) is 8.77. The van der Waals surface area contributed by atoms with Crippen molar-refractivity contribution in [3.8, 4) is 0 Å². The standard InChI is InChI=1S/C14H16N6S/c1-10-9-12(18-15)20-13(16-10)17-14(19-20)21-8-7-11-5-3-2-4-6-11/h2-6,9,18H,7-8,15H2,1H3. The van der Waals surface area contributed by atoms with E-state index in [1.54, 1.807) is 16.3 Å². The zero-order valence-electron chi connectivity index (χ0n) is 11.7. The lowest BCUT2D eigenvalue weighted by Gasteiger charge is -2.02. The molecule has 0 atom stereocenters. The highest BCUT2D eigenvalue weighted by Gasteiger charge is 2.09. The molecule has 0 aliphatic carbocycles. The lowest BCUT2D eigenvalue weighted by molar-refractivity contribution is 0.875. The van der Waals surface area contributed by atoms with Crippen LogP contribution in [0.15, 0.2) is 41.6 Å². The van der Waals surface area contributed by atoms with Gasteiger partial charge in [-0.1, -0.05) is 42.1 Å². The van der Waals surface area contributed by atoms with Crippen LogP contribution in [-0.2, 0) is 6.42 Å². The second-order valence-corrected chi connectivity index (χ2v) is 5.68. The van der Waals surface area contributed by atoms with Crippen LogP contribution in [0.2, 0.25) is 0 Å². The predicted molar refractivity (Wildman–Crippen MR) is 84.2 cm³/mol. The molecule has 1 aromatic carbocycles. The number of nitrogens with one attached hydrogen (secondary N) is 1. The van der Waals surface area contributed by atoms with E-state index in [-0.39, 0.29) is 0 Å². The van der Waals surface area contributed by atoms with Gasteiger partial charge in [0, 0.05) is 17.5 Å². The van der Waals surface area contributed by atoms with Crippen molar-refractivity contribution in [2.24, 2.45) is 5.84 Å². The third kappa shape index (κ3) is 3.14. The van der Waals surface area contributed by atoms with Gasteiger partial charge in [-0.05, 0) is 18.9 Å². The third-order valence-corrected chi connectivity index (χ3v) is 3.87. The summed E-state index contributed by atoms with van der Waals surface area (Å²) in [7, 11) is 0. The molecule has 0 radical (unpaired) electrons. The number of rotatable bonds is 5. The van der Waals surface area contributed by atoms with Crippen LogP contribution in [0.1, 0.15) is 11.3 Å². The summed E-state index contributed by atoms with van der Waals surface area (Å²) >= 11 is 1.61. The van der Waals surface area contributed by atoms with Gasteiger partial charge in [-0.25, -0.2) is 10.8 Å². The average molecular weight is 300 g/mol. The first-order chi connectivity index (χ1) is 10.3. The number of aryl methyl sites for hydroxylation is 2. The molecular formula is C14H16N6S. The van der Waals surface area contributed by atoms with Crippen LogP contribution in [0.5, 0.6) is 0 Å². The van der Waals surface area contributed by atoms with E-state index in [4.69, 9.17) is 5.84 Å². The van der Waals surface area contributed by atoms with Crippen LogP contribution in [0, 0.1) is 6.92 Å². The van der Waals surface area contributed by atoms with Gasteiger partial charge >= 0.3 is 0 Å². The molecule has 0 aliphatic heterocycles. The molecule has 0 saturated heterocycles. The number of hydrogen-bond donors (Lipinski definition) is 2. The molecule has 6 nitrogen and oxygen atoms in total. The van der Waals surface area contributed by atoms with E-state index in [0.29, 0.717) is 16.8 Å². The van der Waals surface area contributed by atoms with E-state index >= 15 is 0 Å². The molecule has 2 heterocycles. The van der Waals surface area contributed by atoms with Crippen molar-refractivity contribution in [1.82, 2.24) is 19.6 Å². The molecule has 0 unspecified atom stereocenters. The Kier molecular flexibility index (Phi) is 4.03. The highest BCUT2D eigenvalue weighted by Crippen LogP contribution is 2.18. The van der Waals surface area contributed by atoms with Crippen LogP contribution in [0.4, 0.5) is 5.82 Å². The fourth-order valence-corrected chi connectivity index (χ4v) is 2.84. The van der Waals surface area contributed by atoms with Crippen molar-refractivity contribution >= 4 is 23.4 Å². The van der Waals surface area contributed by atoms with Crippen LogP contribution in [0.3, 0.4) is 0 Å². The van der Waals surface area contributed by atoms with Crippen molar-refractivity contribution in [1.29, 1.82) is 0 Å². The van der Waals surface area contributed by atoms with Gasteiger partial charge in [-0.15, -0.1) is 5.10 Å². The van der Waals surface area contributed by atoms with Gasteiger partial charge in [-0.3, -0.25) is 0 Å². The number of nitrogen functional groups attached to an aromatic ring is 1. The summed E-state index contributed by atoms with van der Waals surface area (Å²) in [6.45, 7) is 1.90. The van der Waals surface area contributed by atoms with E-state index in [9.17, 15) is 0 Å². The van der Waals surface area contributed by atoms with E-state index in [0.717, 1.165) is 17.9 Å². The molecule has 0 spiro atoms. The third-order valence-electron chi connectivity index (χ3n) is 3.03. The van der Waals surface area contributed by atoms with Crippen LogP contribution < -0.4 is 11.3 Å². The Morgan fingerprint density at radius 1 is 1.24 bits per heavy atom. The molecule has 0 bridgehead atoms. The number of nitrogens with zero attached hydrogens (tertiary/aromatic N) is 4. The molecule has 3 rings (SSSR count). The first-order valence-corrected chi connectivity index (χ1v) is 7.62. The number of benzene rings is 1. The van der Waals surface area contributed by atoms with Crippen LogP contribution in [-0.4, -0.2) is 25.3 Å². The van der Waals surface area contributed by atoms with Gasteiger partial charge in [0.05, 0.1) is 0 Å². The maximum Gasteiger partial charge on any atom is 0.255 e. The molecule has 0 aliphatic rings. The zero-order valence-corrected chi connectivity index (χ0v) is 12.5. The Labute approximate surface area is 126 Å². The normalized spacial score (nSPS) is 11.0. The highest BCUT2D eigenvalue weighted by atomic mass is 32.2. The molecular weight excluding hydrogens is 284 g/mol. The summed E-state index contributed by atoms with van der Waals surface area (Å²) in [6, 6.07) is 12.2. The van der Waals surface area contributed by atoms with Gasteiger partial charge in [0.25, 0.3) is 5.78 Å². The van der Waals surface area contributed by atoms with Gasteiger partial charge in [0.15, 0.2) is 0 Å². The van der Waals surface area contributed by atoms with Gasteiger partial charge < -0.3 is 5.43 Å². The molecule has 0 fully saturated rings. The Morgan fingerprint density at radius 2 is 2.05 bits per heavy atom. The van der Waals surface area contributed by atoms with Crippen molar-refractivity contribution in [3.05, 3.63) is 47.7 Å². The molecule has 7 heteroatoms. The number of nitrogens with two attached hydrogens (primary N) is 1. The zero-order chi connectivity index (χ0) is 14.7. The van der Waals surface area contributed by atoms with E-state index in [1.807, 2.05) is 19.1 Å². The lowest BCUT2D eigenvalue weighted by atomic mass is 10.2. The second kappa shape index (κ2) is 6.11. The summed E-state index contributed by atoms with van der Waals surface area (Å²) < 4.78 is 1.62. The summed E-state index contributed by atoms with van der Waals surface area (Å²) in [6.07, 6.45) is 0.982. The number of thioether (sulfide) groups is 1. The minimum absolute atomic E-state index is 0.560. The number of hydrazine groups is 1. The lowest BCUT2D eigenvalue weighted by Crippen LogP contribution is -2.12. The predicted octanol–water partition coefficient (Wildman–Crippen LogP) is 2.05. The van der Waals surface area contributed by atoms with Crippen LogP contribution >= 0.6 is 11.8 Å². The molecule has 3 aromatic rings. The highest BCUT2D eigenvalue weighted by molar-refractivity contribution is 7.99. The monoisotopic (exact) mass is 300 g/mol. The molecule has 2 aromatic heterocycles. The van der Waals surface area contributed by atoms with Crippen molar-refractivity contribution < 1.29 is 0 Å². The largest absolute Gasteiger partial charge is 0.308 e. The topological polar surface area (TPSA) is 81.1 Å². The number of aromatic nitrogens is 4. The summed E-state index contributed by atoms with van der Waals surface area (Å²) in [5.74, 6) is 7.66. The second-order valence-electron chi connectivity index (χ2n) is 4.62. The number of fused-ring (bicyclic) bond motifs is 1. The molecule has 0 saturated carbocycles. The number of hydrogen-bond acceptors (Lipinski definition) is 6. The van der Waals surface area contributed by atoms with Gasteiger partial charge in [0.2, 0.25) is 5.16 Å². The summed E-state index contributed by atoms with van der Waals surface area (Å²) in [5.41, 5.74) is 4.78. The van der Waals surface area contributed by atoms with E-state index < -0.39 is 0 Å². The SMILES string of the molecule is Cc1cc(NN)n2nc(SCCc3ccccc3)nc2n1. The molecule has 108 valence electrons. The Hall–Kier alpha value is -2.12. The Balaban J connectivity index is 1.73. The molecule has 21 heavy (non-hydrogen) atoms. The average Bonchev–Trinajstić information content (AvgIpc) is 2.90. The maximum absolute atomic E-state index is 5.50. The van der Waals surface area contributed by atoms with E-state index in [2.05, 4.69) is 44.8 Å². The fourth-order valence-electron chi connectivity index (χ4n) is 2.04.